The molecule has 1 aromatic carbocycles. The normalized spacial score (nSPS) is 11.9. The van der Waals surface area contributed by atoms with Gasteiger partial charge in [-0.3, -0.25) is 14.4 Å². The number of hydrogen-bond donors (Lipinski definition) is 1. The highest BCUT2D eigenvalue weighted by Crippen LogP contribution is 2.28. The van der Waals surface area contributed by atoms with E-state index in [1.54, 1.807) is 17.1 Å². The second kappa shape index (κ2) is 9.53. The third-order valence-corrected chi connectivity index (χ3v) is 6.72. The van der Waals surface area contributed by atoms with Crippen molar-refractivity contribution < 1.29 is 26.3 Å². The van der Waals surface area contributed by atoms with Gasteiger partial charge in [-0.25, -0.2) is 26.6 Å². The van der Waals surface area contributed by atoms with Gasteiger partial charge in [0, 0.05) is 23.9 Å². The van der Waals surface area contributed by atoms with Crippen molar-refractivity contribution in [3.8, 4) is 5.88 Å². The first-order valence-corrected chi connectivity index (χ1v) is 12.1. The van der Waals surface area contributed by atoms with Gasteiger partial charge in [-0.15, -0.1) is 0 Å². The molecular formula is C23H22F3N5O3S. The van der Waals surface area contributed by atoms with Gasteiger partial charge in [0.05, 0.1) is 30.7 Å². The molecule has 0 aliphatic rings. The first kappa shape index (κ1) is 24.5. The molecule has 4 rings (SSSR count). The second-order valence-corrected chi connectivity index (χ2v) is 9.74. The van der Waals surface area contributed by atoms with Crippen LogP contribution in [0.25, 0.3) is 11.0 Å². The van der Waals surface area contributed by atoms with E-state index in [2.05, 4.69) is 15.1 Å². The summed E-state index contributed by atoms with van der Waals surface area (Å²) in [5.41, 5.74) is 1.46. The van der Waals surface area contributed by atoms with E-state index in [0.29, 0.717) is 11.6 Å². The molecule has 3 aromatic heterocycles. The van der Waals surface area contributed by atoms with Crippen LogP contribution in [0.5, 0.6) is 5.88 Å². The minimum atomic E-state index is -4.49. The molecule has 3 heterocycles. The number of aryl methyl sites for hydroxylation is 1. The van der Waals surface area contributed by atoms with Crippen LogP contribution in [-0.2, 0) is 22.9 Å². The predicted octanol–water partition coefficient (Wildman–Crippen LogP) is 4.42. The van der Waals surface area contributed by atoms with Gasteiger partial charge >= 0.3 is 0 Å². The van der Waals surface area contributed by atoms with Crippen LogP contribution in [0.2, 0.25) is 0 Å². The number of sulfonamides is 1. The fraction of sp³-hybridized carbons (Fsp3) is 0.261. The molecule has 0 unspecified atom stereocenters. The van der Waals surface area contributed by atoms with Crippen LogP contribution in [0.3, 0.4) is 0 Å². The third kappa shape index (κ3) is 4.92. The van der Waals surface area contributed by atoms with E-state index in [0.717, 1.165) is 36.5 Å². The maximum absolute atomic E-state index is 15.2. The number of nitrogens with one attached hydrogen (secondary N) is 1. The summed E-state index contributed by atoms with van der Waals surface area (Å²) < 4.78 is 77.6. The largest absolute Gasteiger partial charge is 0.480 e. The highest BCUT2D eigenvalue weighted by atomic mass is 32.2. The Kier molecular flexibility index (Phi) is 6.66. The van der Waals surface area contributed by atoms with Crippen molar-refractivity contribution in [1.82, 2.24) is 19.7 Å². The number of pyridine rings is 2. The lowest BCUT2D eigenvalue weighted by atomic mass is 10.0. The average Bonchev–Trinajstić information content (AvgIpc) is 3.24. The Morgan fingerprint density at radius 2 is 1.83 bits per heavy atom. The average molecular weight is 506 g/mol. The number of benzene rings is 1. The van der Waals surface area contributed by atoms with Crippen LogP contribution in [0.4, 0.5) is 18.9 Å². The Bertz CT molecular complexity index is 1510. The lowest BCUT2D eigenvalue weighted by Crippen LogP contribution is -2.17. The van der Waals surface area contributed by atoms with E-state index in [9.17, 15) is 17.2 Å². The molecule has 35 heavy (non-hydrogen) atoms. The molecule has 0 bridgehead atoms. The molecule has 0 amide bonds. The molecule has 0 aliphatic carbocycles. The van der Waals surface area contributed by atoms with Crippen molar-refractivity contribution in [3.05, 3.63) is 71.4 Å². The standard InChI is InChI=1S/C23H22F3N5O3S/c1-13(2)31-20-8-14(10-27-19(20)12-29-31)4-5-16-17(25)6-7-18(22(16)26)30-35(32,33)21-9-15(24)11-28-23(21)34-3/h6-13,30H,4-5H2,1-3H3. The van der Waals surface area contributed by atoms with Crippen LogP contribution in [0.1, 0.15) is 31.0 Å². The van der Waals surface area contributed by atoms with Crippen molar-refractivity contribution in [2.24, 2.45) is 0 Å². The van der Waals surface area contributed by atoms with Crippen LogP contribution in [-0.4, -0.2) is 35.3 Å². The van der Waals surface area contributed by atoms with Crippen molar-refractivity contribution >= 4 is 26.7 Å². The maximum atomic E-state index is 15.2. The molecule has 184 valence electrons. The van der Waals surface area contributed by atoms with E-state index in [1.165, 1.54) is 0 Å². The van der Waals surface area contributed by atoms with Crippen LogP contribution in [0, 0.1) is 17.5 Å². The number of hydrogen-bond acceptors (Lipinski definition) is 6. The van der Waals surface area contributed by atoms with Gasteiger partial charge in [-0.1, -0.05) is 0 Å². The number of methoxy groups -OCH3 is 1. The number of ether oxygens (including phenoxy) is 1. The quantitative estimate of drug-likeness (QED) is 0.381. The molecule has 12 heteroatoms. The molecule has 0 spiro atoms. The topological polar surface area (TPSA) is 99.0 Å². The van der Waals surface area contributed by atoms with Gasteiger partial charge in [-0.2, -0.15) is 5.10 Å². The minimum Gasteiger partial charge on any atom is -0.480 e. The van der Waals surface area contributed by atoms with Crippen molar-refractivity contribution in [2.45, 2.75) is 37.6 Å². The van der Waals surface area contributed by atoms with Gasteiger partial charge in [0.25, 0.3) is 10.0 Å². The van der Waals surface area contributed by atoms with Gasteiger partial charge in [0.1, 0.15) is 17.2 Å². The van der Waals surface area contributed by atoms with Gasteiger partial charge in [-0.05, 0) is 50.5 Å². The van der Waals surface area contributed by atoms with Crippen LogP contribution < -0.4 is 9.46 Å². The SMILES string of the molecule is COc1ncc(F)cc1S(=O)(=O)Nc1ccc(F)c(CCc2cnc3cnn(C(C)C)c3c2)c1F. The smallest absolute Gasteiger partial charge is 0.267 e. The molecule has 0 saturated heterocycles. The zero-order valence-corrected chi connectivity index (χ0v) is 19.9. The van der Waals surface area contributed by atoms with E-state index in [1.807, 2.05) is 24.6 Å². The fourth-order valence-electron chi connectivity index (χ4n) is 3.64. The Hall–Kier alpha value is -3.67. The zero-order chi connectivity index (χ0) is 25.3. The minimum absolute atomic E-state index is 0.0545. The molecule has 0 atom stereocenters. The highest BCUT2D eigenvalue weighted by molar-refractivity contribution is 7.92. The number of anilines is 1. The number of rotatable bonds is 8. The molecule has 0 saturated carbocycles. The lowest BCUT2D eigenvalue weighted by Gasteiger charge is -2.14. The summed E-state index contributed by atoms with van der Waals surface area (Å²) in [7, 11) is -3.33. The summed E-state index contributed by atoms with van der Waals surface area (Å²) in [6.45, 7) is 3.96. The second-order valence-electron chi connectivity index (χ2n) is 8.08. The van der Waals surface area contributed by atoms with Crippen molar-refractivity contribution in [1.29, 1.82) is 0 Å². The highest BCUT2D eigenvalue weighted by Gasteiger charge is 2.25. The Balaban J connectivity index is 1.61. The number of aromatic nitrogens is 4. The maximum Gasteiger partial charge on any atom is 0.267 e. The summed E-state index contributed by atoms with van der Waals surface area (Å²) >= 11 is 0. The van der Waals surface area contributed by atoms with Gasteiger partial charge in [0.15, 0.2) is 10.7 Å². The monoisotopic (exact) mass is 505 g/mol. The third-order valence-electron chi connectivity index (χ3n) is 5.36. The van der Waals surface area contributed by atoms with Gasteiger partial charge < -0.3 is 4.74 Å². The van der Waals surface area contributed by atoms with E-state index in [-0.39, 0.29) is 30.3 Å². The molecule has 8 nitrogen and oxygen atoms in total. The van der Waals surface area contributed by atoms with Gasteiger partial charge in [0.2, 0.25) is 5.88 Å². The van der Waals surface area contributed by atoms with E-state index < -0.39 is 38.1 Å². The summed E-state index contributed by atoms with van der Waals surface area (Å²) in [4.78, 5) is 7.31. The molecule has 0 radical (unpaired) electrons. The lowest BCUT2D eigenvalue weighted by molar-refractivity contribution is 0.382. The van der Waals surface area contributed by atoms with Crippen LogP contribution >= 0.6 is 0 Å². The Morgan fingerprint density at radius 3 is 2.54 bits per heavy atom. The summed E-state index contributed by atoms with van der Waals surface area (Å²) in [6, 6.07) is 4.59. The molecule has 0 fully saturated rings. The van der Waals surface area contributed by atoms with Crippen molar-refractivity contribution in [2.75, 3.05) is 11.8 Å². The first-order valence-electron chi connectivity index (χ1n) is 10.6. The molecule has 0 aliphatic heterocycles. The zero-order valence-electron chi connectivity index (χ0n) is 19.1. The van der Waals surface area contributed by atoms with Crippen LogP contribution in [0.15, 0.2) is 47.8 Å². The molecule has 4 aromatic rings. The summed E-state index contributed by atoms with van der Waals surface area (Å²) in [5, 5.41) is 4.30. The Morgan fingerprint density at radius 1 is 1.06 bits per heavy atom. The number of nitrogens with zero attached hydrogens (tertiary/aromatic N) is 4. The number of halogens is 3. The first-order chi connectivity index (χ1) is 16.6. The van der Waals surface area contributed by atoms with E-state index in [4.69, 9.17) is 4.74 Å². The van der Waals surface area contributed by atoms with Crippen molar-refractivity contribution in [3.63, 3.8) is 0 Å². The van der Waals surface area contributed by atoms with E-state index >= 15 is 4.39 Å². The fourth-order valence-corrected chi connectivity index (χ4v) is 4.84. The molecule has 1 N–H and O–H groups in total. The summed E-state index contributed by atoms with van der Waals surface area (Å²) in [6.07, 6.45) is 4.24. The summed E-state index contributed by atoms with van der Waals surface area (Å²) in [5.74, 6) is -3.18. The molecular weight excluding hydrogens is 483 g/mol. The number of fused-ring (bicyclic) bond motifs is 1. The predicted molar refractivity (Wildman–Crippen MR) is 123 cm³/mol. The Labute approximate surface area is 199 Å².